The minimum absolute atomic E-state index is 0.0474. The molecule has 0 fully saturated rings. The van der Waals surface area contributed by atoms with Crippen molar-refractivity contribution in [2.24, 2.45) is 0 Å². The molecule has 0 amide bonds. The van der Waals surface area contributed by atoms with Crippen LogP contribution in [0.2, 0.25) is 0 Å². The molecule has 1 aromatic heterocycles. The molecule has 27 heavy (non-hydrogen) atoms. The van der Waals surface area contributed by atoms with Crippen molar-refractivity contribution >= 4 is 5.97 Å². The summed E-state index contributed by atoms with van der Waals surface area (Å²) in [4.78, 5) is 14.9. The molecule has 0 aliphatic carbocycles. The van der Waals surface area contributed by atoms with Crippen molar-refractivity contribution in [3.63, 3.8) is 0 Å². The maximum Gasteiger partial charge on any atom is 0.335 e. The average molecular weight is 371 g/mol. The van der Waals surface area contributed by atoms with Crippen LogP contribution in [0.3, 0.4) is 0 Å². The first-order valence-electron chi connectivity index (χ1n) is 7.85. The Hall–Kier alpha value is -3.39. The van der Waals surface area contributed by atoms with Crippen molar-refractivity contribution in [1.29, 1.82) is 0 Å². The van der Waals surface area contributed by atoms with Gasteiger partial charge in [-0.3, -0.25) is 0 Å². The number of hydrogen-bond acceptors (Lipinski definition) is 4. The number of carboxylic acid groups (broad SMARTS) is 1. The number of halogens is 2. The topological polar surface area (TPSA) is 88.2 Å². The fraction of sp³-hybridized carbons (Fsp3) is 0.105. The molecule has 2 N–H and O–H groups in total. The molecule has 0 bridgehead atoms. The summed E-state index contributed by atoms with van der Waals surface area (Å²) in [6.07, 6.45) is 3.69. The van der Waals surface area contributed by atoms with Gasteiger partial charge in [-0.2, -0.15) is 5.10 Å². The molecule has 0 aliphatic rings. The minimum atomic E-state index is -2.02. The van der Waals surface area contributed by atoms with Gasteiger partial charge in [-0.1, -0.05) is 24.8 Å². The first kappa shape index (κ1) is 18.4. The smallest absolute Gasteiger partial charge is 0.335 e. The molecule has 138 valence electrons. The van der Waals surface area contributed by atoms with Crippen LogP contribution in [0.15, 0.2) is 67.8 Å². The highest BCUT2D eigenvalue weighted by atomic mass is 19.1. The largest absolute Gasteiger partial charge is 0.478 e. The number of benzene rings is 2. The lowest BCUT2D eigenvalue weighted by Gasteiger charge is -2.34. The number of rotatable bonds is 6. The molecule has 2 aromatic carbocycles. The second-order valence-electron chi connectivity index (χ2n) is 5.86. The van der Waals surface area contributed by atoms with Gasteiger partial charge in [-0.25, -0.2) is 23.2 Å². The quantitative estimate of drug-likeness (QED) is 0.651. The van der Waals surface area contributed by atoms with E-state index in [9.17, 15) is 18.7 Å². The maximum absolute atomic E-state index is 14.4. The number of carboxylic acids is 1. The summed E-state index contributed by atoms with van der Waals surface area (Å²) in [6, 6.07) is 7.45. The first-order valence-corrected chi connectivity index (χ1v) is 7.85. The highest BCUT2D eigenvalue weighted by Crippen LogP contribution is 2.40. The molecular weight excluding hydrogens is 356 g/mol. The van der Waals surface area contributed by atoms with Crippen molar-refractivity contribution in [3.8, 4) is 0 Å². The lowest BCUT2D eigenvalue weighted by molar-refractivity contribution is 0.0383. The van der Waals surface area contributed by atoms with Gasteiger partial charge in [0.25, 0.3) is 0 Å². The number of carbonyl (C=O) groups is 1. The summed E-state index contributed by atoms with van der Waals surface area (Å²) in [5.41, 5.74) is -1.75. The molecule has 1 heterocycles. The van der Waals surface area contributed by atoms with E-state index in [2.05, 4.69) is 16.7 Å². The van der Waals surface area contributed by atoms with Crippen LogP contribution >= 0.6 is 0 Å². The molecule has 3 aromatic rings. The summed E-state index contributed by atoms with van der Waals surface area (Å²) >= 11 is 0. The molecule has 0 spiro atoms. The van der Waals surface area contributed by atoms with Crippen molar-refractivity contribution in [1.82, 2.24) is 14.8 Å². The molecule has 0 saturated heterocycles. The van der Waals surface area contributed by atoms with Gasteiger partial charge in [0.05, 0.1) is 5.56 Å². The van der Waals surface area contributed by atoms with Gasteiger partial charge in [0.2, 0.25) is 0 Å². The van der Waals surface area contributed by atoms with Crippen LogP contribution < -0.4 is 0 Å². The van der Waals surface area contributed by atoms with Gasteiger partial charge in [0.1, 0.15) is 35.9 Å². The van der Waals surface area contributed by atoms with Crippen molar-refractivity contribution < 1.29 is 23.8 Å². The van der Waals surface area contributed by atoms with E-state index in [0.717, 1.165) is 18.2 Å². The second kappa shape index (κ2) is 7.08. The van der Waals surface area contributed by atoms with Gasteiger partial charge >= 0.3 is 5.97 Å². The van der Waals surface area contributed by atoms with E-state index in [4.69, 9.17) is 5.11 Å². The standard InChI is InChI=1S/C19H15F2N3O3/c1-2-19(27,15-8-7-14(20)9-16(15)21)17(24-11-22-10-23-24)12-3-5-13(6-4-12)18(25)26/h2-11,17,27H,1H2,(H,25,26). The van der Waals surface area contributed by atoms with Crippen LogP contribution in [0.4, 0.5) is 8.78 Å². The molecule has 3 rings (SSSR count). The molecule has 0 saturated carbocycles. The number of aromatic nitrogens is 3. The predicted molar refractivity (Wildman–Crippen MR) is 92.0 cm³/mol. The molecule has 0 radical (unpaired) electrons. The number of nitrogens with zero attached hydrogens (tertiary/aromatic N) is 3. The van der Waals surface area contributed by atoms with Gasteiger partial charge in [-0.05, 0) is 29.8 Å². The predicted octanol–water partition coefficient (Wildman–Crippen LogP) is 2.92. The monoisotopic (exact) mass is 371 g/mol. The summed E-state index contributed by atoms with van der Waals surface area (Å²) in [6.45, 7) is 3.61. The summed E-state index contributed by atoms with van der Waals surface area (Å²) in [7, 11) is 0. The third-order valence-corrected chi connectivity index (χ3v) is 4.27. The van der Waals surface area contributed by atoms with Gasteiger partial charge in [0.15, 0.2) is 0 Å². The second-order valence-corrected chi connectivity index (χ2v) is 5.86. The zero-order valence-corrected chi connectivity index (χ0v) is 14.0. The van der Waals surface area contributed by atoms with Crippen LogP contribution in [0.1, 0.15) is 27.5 Å². The van der Waals surface area contributed by atoms with E-state index in [-0.39, 0.29) is 11.1 Å². The summed E-state index contributed by atoms with van der Waals surface area (Å²) in [5, 5.41) is 24.4. The molecule has 8 heteroatoms. The Kier molecular flexibility index (Phi) is 4.83. The Morgan fingerprint density at radius 3 is 2.44 bits per heavy atom. The van der Waals surface area contributed by atoms with Crippen molar-refractivity contribution in [3.05, 3.63) is 96.1 Å². The lowest BCUT2D eigenvalue weighted by Crippen LogP contribution is -2.37. The lowest BCUT2D eigenvalue weighted by atomic mass is 9.82. The van der Waals surface area contributed by atoms with Crippen LogP contribution in [0.5, 0.6) is 0 Å². The molecule has 6 nitrogen and oxygen atoms in total. The number of aliphatic hydroxyl groups is 1. The maximum atomic E-state index is 14.4. The van der Waals surface area contributed by atoms with E-state index in [1.807, 2.05) is 0 Å². The Balaban J connectivity index is 2.19. The zero-order valence-electron chi connectivity index (χ0n) is 14.0. The van der Waals surface area contributed by atoms with Crippen LogP contribution in [0.25, 0.3) is 0 Å². The summed E-state index contributed by atoms with van der Waals surface area (Å²) < 4.78 is 29.1. The van der Waals surface area contributed by atoms with E-state index >= 15 is 0 Å². The third kappa shape index (κ3) is 3.34. The fourth-order valence-corrected chi connectivity index (χ4v) is 2.95. The highest BCUT2D eigenvalue weighted by molar-refractivity contribution is 5.87. The van der Waals surface area contributed by atoms with Crippen molar-refractivity contribution in [2.75, 3.05) is 0 Å². The zero-order chi connectivity index (χ0) is 19.6. The number of hydrogen-bond donors (Lipinski definition) is 2. The van der Waals surface area contributed by atoms with E-state index in [1.165, 1.54) is 41.6 Å². The van der Waals surface area contributed by atoms with Crippen LogP contribution in [0, 0.1) is 11.6 Å². The van der Waals surface area contributed by atoms with Gasteiger partial charge in [-0.15, -0.1) is 0 Å². The van der Waals surface area contributed by atoms with E-state index < -0.39 is 29.2 Å². The van der Waals surface area contributed by atoms with E-state index in [0.29, 0.717) is 11.6 Å². The van der Waals surface area contributed by atoms with Gasteiger partial charge < -0.3 is 10.2 Å². The molecule has 0 aliphatic heterocycles. The highest BCUT2D eigenvalue weighted by Gasteiger charge is 2.41. The average Bonchev–Trinajstić information content (AvgIpc) is 3.16. The Labute approximate surface area is 153 Å². The van der Waals surface area contributed by atoms with Gasteiger partial charge in [0, 0.05) is 11.6 Å². The minimum Gasteiger partial charge on any atom is -0.478 e. The summed E-state index contributed by atoms with van der Waals surface area (Å²) in [5.74, 6) is -2.85. The van der Waals surface area contributed by atoms with Crippen LogP contribution in [-0.4, -0.2) is 30.9 Å². The van der Waals surface area contributed by atoms with Crippen LogP contribution in [-0.2, 0) is 5.60 Å². The van der Waals surface area contributed by atoms with Crippen molar-refractivity contribution in [2.45, 2.75) is 11.6 Å². The van der Waals surface area contributed by atoms with E-state index in [1.54, 1.807) is 0 Å². The Morgan fingerprint density at radius 2 is 1.93 bits per heavy atom. The number of aromatic carboxylic acids is 1. The normalized spacial score (nSPS) is 14.3. The molecular formula is C19H15F2N3O3. The fourth-order valence-electron chi connectivity index (χ4n) is 2.95. The molecule has 2 unspecified atom stereocenters. The third-order valence-electron chi connectivity index (χ3n) is 4.27. The Bertz CT molecular complexity index is 974. The SMILES string of the molecule is C=CC(O)(c1ccc(F)cc1F)C(c1ccc(C(=O)O)cc1)n1cncn1. The molecule has 2 atom stereocenters. The Morgan fingerprint density at radius 1 is 1.22 bits per heavy atom. The first-order chi connectivity index (χ1) is 12.9.